The lowest BCUT2D eigenvalue weighted by Gasteiger charge is -2.57. The fourth-order valence-corrected chi connectivity index (χ4v) is 9.29. The molecule has 0 spiro atoms. The molecule has 38 heavy (non-hydrogen) atoms. The molecule has 1 N–H and O–H groups in total. The van der Waals surface area contributed by atoms with Crippen LogP contribution in [-0.2, 0) is 19.1 Å². The first kappa shape index (κ1) is 27.7. The molecule has 0 aromatic heterocycles. The van der Waals surface area contributed by atoms with Crippen LogP contribution >= 0.6 is 0 Å². The van der Waals surface area contributed by atoms with E-state index < -0.39 is 11.3 Å². The summed E-state index contributed by atoms with van der Waals surface area (Å²) in [6.45, 7) is 5.77. The van der Waals surface area contributed by atoms with Crippen molar-refractivity contribution in [2.45, 2.75) is 117 Å². The number of carbonyl (C=O) groups excluding carboxylic acids is 3. The van der Waals surface area contributed by atoms with Gasteiger partial charge in [0.05, 0.1) is 6.61 Å². The maximum absolute atomic E-state index is 13.8. The second-order valence-corrected chi connectivity index (χ2v) is 13.5. The third-order valence-electron chi connectivity index (χ3n) is 10.6. The molecule has 2 atom stereocenters. The van der Waals surface area contributed by atoms with Gasteiger partial charge in [-0.2, -0.15) is 0 Å². The van der Waals surface area contributed by atoms with Crippen LogP contribution in [0.1, 0.15) is 117 Å². The fourth-order valence-electron chi connectivity index (χ4n) is 9.29. The fraction of sp³-hybridized carbons (Fsp3) is 0.844. The number of fused-ring (bicyclic) bond motifs is 1. The van der Waals surface area contributed by atoms with Crippen molar-refractivity contribution in [3.8, 4) is 0 Å². The number of hydrogen-bond donors (Lipinski definition) is 1. The molecule has 1 saturated heterocycles. The molecular formula is C32H50N2O4. The zero-order valence-corrected chi connectivity index (χ0v) is 23.9. The number of ether oxygens (including phenoxy) is 1. The Morgan fingerprint density at radius 3 is 2.29 bits per heavy atom. The first-order chi connectivity index (χ1) is 18.4. The lowest BCUT2D eigenvalue weighted by molar-refractivity contribution is -0.160. The van der Waals surface area contributed by atoms with Gasteiger partial charge in [-0.25, -0.2) is 0 Å². The zero-order valence-electron chi connectivity index (χ0n) is 23.9. The van der Waals surface area contributed by atoms with Gasteiger partial charge in [-0.1, -0.05) is 45.1 Å². The number of hydrogen-bond acceptors (Lipinski definition) is 4. The molecule has 0 radical (unpaired) electrons. The normalized spacial score (nSPS) is 35.3. The Labute approximate surface area is 229 Å². The summed E-state index contributed by atoms with van der Waals surface area (Å²) in [6.07, 6.45) is 18.9. The summed E-state index contributed by atoms with van der Waals surface area (Å²) in [7, 11) is 0. The monoisotopic (exact) mass is 526 g/mol. The van der Waals surface area contributed by atoms with Crippen LogP contribution in [0.25, 0.3) is 0 Å². The Morgan fingerprint density at radius 2 is 1.63 bits per heavy atom. The predicted molar refractivity (Wildman–Crippen MR) is 148 cm³/mol. The average Bonchev–Trinajstić information content (AvgIpc) is 3.31. The summed E-state index contributed by atoms with van der Waals surface area (Å²) in [5.41, 5.74) is 0.342. The van der Waals surface area contributed by atoms with Crippen LogP contribution in [0.15, 0.2) is 11.8 Å². The van der Waals surface area contributed by atoms with Gasteiger partial charge in [-0.05, 0) is 94.3 Å². The molecule has 6 heteroatoms. The van der Waals surface area contributed by atoms with Crippen molar-refractivity contribution in [3.63, 3.8) is 0 Å². The van der Waals surface area contributed by atoms with Crippen LogP contribution in [0.5, 0.6) is 0 Å². The van der Waals surface area contributed by atoms with Crippen LogP contribution in [0.3, 0.4) is 0 Å². The number of nitrogens with zero attached hydrogens (tertiary/aromatic N) is 1. The minimum atomic E-state index is -0.781. The second-order valence-electron chi connectivity index (χ2n) is 13.5. The summed E-state index contributed by atoms with van der Waals surface area (Å²) in [4.78, 5) is 42.3. The van der Waals surface area contributed by atoms with Crippen LogP contribution in [-0.4, -0.2) is 42.4 Å². The first-order valence-corrected chi connectivity index (χ1v) is 15.8. The highest BCUT2D eigenvalue weighted by atomic mass is 16.5. The maximum atomic E-state index is 13.8. The van der Waals surface area contributed by atoms with Crippen molar-refractivity contribution in [1.82, 2.24) is 10.2 Å². The number of esters is 1. The van der Waals surface area contributed by atoms with E-state index in [2.05, 4.69) is 18.3 Å². The highest BCUT2D eigenvalue weighted by Crippen LogP contribution is 2.59. The Bertz CT molecular complexity index is 891. The maximum Gasteiger partial charge on any atom is 0.318 e. The van der Waals surface area contributed by atoms with E-state index in [0.29, 0.717) is 26.0 Å². The van der Waals surface area contributed by atoms with Crippen molar-refractivity contribution >= 4 is 17.8 Å². The first-order valence-electron chi connectivity index (χ1n) is 15.8. The molecule has 212 valence electrons. The van der Waals surface area contributed by atoms with Crippen molar-refractivity contribution in [2.75, 3.05) is 19.7 Å². The summed E-state index contributed by atoms with van der Waals surface area (Å²) in [6, 6.07) is 0. The molecule has 4 bridgehead atoms. The quantitative estimate of drug-likeness (QED) is 0.231. The van der Waals surface area contributed by atoms with Gasteiger partial charge in [0.1, 0.15) is 5.41 Å². The van der Waals surface area contributed by atoms with E-state index in [1.807, 2.05) is 11.8 Å². The van der Waals surface area contributed by atoms with Gasteiger partial charge in [0.15, 0.2) is 0 Å². The Morgan fingerprint density at radius 1 is 0.974 bits per heavy atom. The second kappa shape index (κ2) is 11.7. The third-order valence-corrected chi connectivity index (χ3v) is 10.6. The number of allylic oxidation sites excluding steroid dienone is 1. The standard InChI is InChI=1S/C32H50N2O4/c1-3-5-6-7-8-9-13-34-27-11-10-12-32(27,30(37)38-4-2)21-26(29(34)36)17-28(35)33-22-31-18-23-14-24(19-31)16-25(15-23)20-31/h11,23-26H,3-10,12-22H2,1-2H3,(H,33,35)/t23?,24?,25?,26-,31?,32+/m1/s1. The summed E-state index contributed by atoms with van der Waals surface area (Å²) >= 11 is 0. The number of likely N-dealkylation sites (tertiary alicyclic amines) is 1. The number of rotatable bonds is 13. The van der Waals surface area contributed by atoms with E-state index in [0.717, 1.165) is 49.3 Å². The number of piperidine rings is 1. The molecule has 5 fully saturated rings. The van der Waals surface area contributed by atoms with Gasteiger partial charge in [-0.15, -0.1) is 0 Å². The Balaban J connectivity index is 1.23. The molecule has 5 aliphatic carbocycles. The number of nitrogens with one attached hydrogen (secondary N) is 1. The molecule has 1 heterocycles. The molecular weight excluding hydrogens is 476 g/mol. The van der Waals surface area contributed by atoms with E-state index in [9.17, 15) is 14.4 Å². The summed E-state index contributed by atoms with van der Waals surface area (Å²) in [5, 5.41) is 3.28. The van der Waals surface area contributed by atoms with E-state index in [1.165, 1.54) is 64.2 Å². The van der Waals surface area contributed by atoms with Crippen LogP contribution in [0, 0.1) is 34.5 Å². The summed E-state index contributed by atoms with van der Waals surface area (Å²) < 4.78 is 5.56. The van der Waals surface area contributed by atoms with E-state index in [4.69, 9.17) is 4.74 Å². The number of carbonyl (C=O) groups is 3. The van der Waals surface area contributed by atoms with Crippen molar-refractivity contribution in [2.24, 2.45) is 34.5 Å². The van der Waals surface area contributed by atoms with E-state index in [-0.39, 0.29) is 29.6 Å². The Hall–Kier alpha value is -1.85. The van der Waals surface area contributed by atoms with Crippen LogP contribution in [0.2, 0.25) is 0 Å². The number of amides is 2. The lowest BCUT2D eigenvalue weighted by Crippen LogP contribution is -2.53. The van der Waals surface area contributed by atoms with Gasteiger partial charge in [0, 0.05) is 31.1 Å². The molecule has 0 unspecified atom stereocenters. The van der Waals surface area contributed by atoms with E-state index in [1.54, 1.807) is 0 Å². The molecule has 6 aliphatic rings. The molecule has 1 aliphatic heterocycles. The molecule has 2 amide bonds. The largest absolute Gasteiger partial charge is 0.465 e. The minimum Gasteiger partial charge on any atom is -0.465 e. The zero-order chi connectivity index (χ0) is 26.8. The molecule has 6 nitrogen and oxygen atoms in total. The molecule has 0 aromatic rings. The van der Waals surface area contributed by atoms with Crippen molar-refractivity contribution in [3.05, 3.63) is 11.8 Å². The predicted octanol–water partition coefficient (Wildman–Crippen LogP) is 6.15. The summed E-state index contributed by atoms with van der Waals surface area (Å²) in [5.74, 6) is 1.87. The highest BCUT2D eigenvalue weighted by Gasteiger charge is 2.55. The van der Waals surface area contributed by atoms with E-state index >= 15 is 0 Å². The Kier molecular flexibility index (Phi) is 8.54. The van der Waals surface area contributed by atoms with Gasteiger partial charge >= 0.3 is 5.97 Å². The highest BCUT2D eigenvalue weighted by molar-refractivity contribution is 5.92. The van der Waals surface area contributed by atoms with Crippen molar-refractivity contribution in [1.29, 1.82) is 0 Å². The van der Waals surface area contributed by atoms with Gasteiger partial charge < -0.3 is 15.0 Å². The van der Waals surface area contributed by atoms with Crippen LogP contribution < -0.4 is 5.32 Å². The number of unbranched alkanes of at least 4 members (excludes halogenated alkanes) is 5. The SMILES string of the molecule is CCCCCCCCN1C(=O)[C@H](CC(=O)NCC23CC4CC(CC(C4)C2)C3)C[C@@]2(C(=O)OCC)CCC=C12. The smallest absolute Gasteiger partial charge is 0.318 e. The van der Waals surface area contributed by atoms with Crippen LogP contribution in [0.4, 0.5) is 0 Å². The van der Waals surface area contributed by atoms with Gasteiger partial charge in [0.2, 0.25) is 11.8 Å². The molecule has 6 rings (SSSR count). The molecule has 4 saturated carbocycles. The van der Waals surface area contributed by atoms with Gasteiger partial charge in [0.25, 0.3) is 0 Å². The topological polar surface area (TPSA) is 75.7 Å². The lowest BCUT2D eigenvalue weighted by atomic mass is 9.49. The minimum absolute atomic E-state index is 0.0246. The average molecular weight is 527 g/mol. The van der Waals surface area contributed by atoms with Crippen molar-refractivity contribution < 1.29 is 19.1 Å². The van der Waals surface area contributed by atoms with Gasteiger partial charge in [-0.3, -0.25) is 14.4 Å². The third kappa shape index (κ3) is 5.56. The molecule has 0 aromatic carbocycles.